The van der Waals surface area contributed by atoms with E-state index in [0.717, 1.165) is 22.8 Å². The van der Waals surface area contributed by atoms with Crippen LogP contribution in [0.5, 0.6) is 0 Å². The molecule has 0 saturated carbocycles. The minimum Gasteiger partial charge on any atom is -0.464 e. The van der Waals surface area contributed by atoms with Gasteiger partial charge in [-0.05, 0) is 32.0 Å². The van der Waals surface area contributed by atoms with Crippen LogP contribution in [0.1, 0.15) is 33.3 Å². The number of carbonyl (C=O) groups excluding carboxylic acids is 2. The zero-order valence-electron chi connectivity index (χ0n) is 15.9. The molecular formula is C19H22N2O5S. The molecule has 0 amide bonds. The predicted molar refractivity (Wildman–Crippen MR) is 101 cm³/mol. The Morgan fingerprint density at radius 1 is 1.15 bits per heavy atom. The van der Waals surface area contributed by atoms with Crippen molar-refractivity contribution in [1.29, 1.82) is 0 Å². The van der Waals surface area contributed by atoms with Gasteiger partial charge in [-0.3, -0.25) is 4.79 Å². The fourth-order valence-electron chi connectivity index (χ4n) is 2.52. The van der Waals surface area contributed by atoms with Gasteiger partial charge in [0.25, 0.3) is 10.0 Å². The van der Waals surface area contributed by atoms with Gasteiger partial charge in [-0.2, -0.15) is 0 Å². The van der Waals surface area contributed by atoms with E-state index in [9.17, 15) is 18.0 Å². The highest BCUT2D eigenvalue weighted by atomic mass is 32.2. The second-order valence-electron chi connectivity index (χ2n) is 6.32. The number of benzene rings is 1. The summed E-state index contributed by atoms with van der Waals surface area (Å²) in [6, 6.07) is 7.44. The molecule has 1 heterocycles. The lowest BCUT2D eigenvalue weighted by Crippen LogP contribution is -2.18. The Morgan fingerprint density at radius 2 is 1.74 bits per heavy atom. The van der Waals surface area contributed by atoms with Crippen molar-refractivity contribution in [2.75, 3.05) is 21.2 Å². The number of aromatic nitrogens is 1. The topological polar surface area (TPSA) is 85.7 Å². The van der Waals surface area contributed by atoms with Crippen LogP contribution in [-0.4, -0.2) is 50.2 Å². The maximum Gasteiger partial charge on any atom is 0.355 e. The molecular weight excluding hydrogens is 368 g/mol. The minimum absolute atomic E-state index is 0.00778. The summed E-state index contributed by atoms with van der Waals surface area (Å²) in [5, 5.41) is 0. The van der Waals surface area contributed by atoms with Gasteiger partial charge in [0.2, 0.25) is 0 Å². The van der Waals surface area contributed by atoms with E-state index in [2.05, 4.69) is 4.74 Å². The molecule has 27 heavy (non-hydrogen) atoms. The first-order chi connectivity index (χ1) is 12.6. The highest BCUT2D eigenvalue weighted by Crippen LogP contribution is 2.21. The summed E-state index contributed by atoms with van der Waals surface area (Å²) in [6.45, 7) is 3.45. The second kappa shape index (κ2) is 7.79. The average molecular weight is 390 g/mol. The van der Waals surface area contributed by atoms with Crippen molar-refractivity contribution < 1.29 is 22.7 Å². The second-order valence-corrected chi connectivity index (χ2v) is 8.14. The Hall–Kier alpha value is -2.87. The molecule has 7 nitrogen and oxygen atoms in total. The largest absolute Gasteiger partial charge is 0.464 e. The predicted octanol–water partition coefficient (Wildman–Crippen LogP) is 2.47. The first-order valence-corrected chi connectivity index (χ1v) is 9.54. The maximum absolute atomic E-state index is 13.0. The van der Waals surface area contributed by atoms with E-state index >= 15 is 0 Å². The molecule has 2 aromatic rings. The van der Waals surface area contributed by atoms with Gasteiger partial charge in [0.05, 0.1) is 12.0 Å². The molecule has 2 rings (SSSR count). The number of methoxy groups -OCH3 is 1. The lowest BCUT2D eigenvalue weighted by atomic mass is 10.1. The Balaban J connectivity index is 2.62. The Labute approximate surface area is 158 Å². The zero-order chi connectivity index (χ0) is 20.4. The van der Waals surface area contributed by atoms with Crippen molar-refractivity contribution in [1.82, 2.24) is 8.87 Å². The van der Waals surface area contributed by atoms with Crippen molar-refractivity contribution in [2.45, 2.75) is 18.7 Å². The van der Waals surface area contributed by atoms with Gasteiger partial charge in [0, 0.05) is 37.6 Å². The van der Waals surface area contributed by atoms with Crippen molar-refractivity contribution in [3.8, 4) is 0 Å². The van der Waals surface area contributed by atoms with E-state index in [1.165, 1.54) is 18.2 Å². The van der Waals surface area contributed by atoms with Crippen LogP contribution in [0, 0.1) is 6.92 Å². The molecule has 0 saturated heterocycles. The normalized spacial score (nSPS) is 12.0. The Kier molecular flexibility index (Phi) is 5.90. The van der Waals surface area contributed by atoms with Gasteiger partial charge in [0.1, 0.15) is 5.69 Å². The number of hydrogen-bond donors (Lipinski definition) is 0. The maximum atomic E-state index is 13.0. The Bertz CT molecular complexity index is 999. The summed E-state index contributed by atoms with van der Waals surface area (Å²) in [5.41, 5.74) is 1.15. The summed E-state index contributed by atoms with van der Waals surface area (Å²) in [4.78, 5) is 26.4. The van der Waals surface area contributed by atoms with Gasteiger partial charge in [0.15, 0.2) is 5.78 Å². The molecule has 0 N–H and O–H groups in total. The van der Waals surface area contributed by atoms with E-state index < -0.39 is 16.0 Å². The third-order valence-corrected chi connectivity index (χ3v) is 5.52. The number of carbonyl (C=O) groups is 2. The van der Waals surface area contributed by atoms with Gasteiger partial charge >= 0.3 is 5.97 Å². The number of aryl methyl sites for hydroxylation is 1. The standard InChI is InChI=1S/C19H22N2O5S/c1-13-6-8-16(9-7-13)27(24,25)21-12-15(10-17(21)19(23)26-5)18(22)14(2)11-20(3)4/h6-12H,1-5H3/b14-11+. The van der Waals surface area contributed by atoms with Crippen molar-refractivity contribution >= 4 is 21.8 Å². The SMILES string of the molecule is COC(=O)c1cc(C(=O)/C(C)=C/N(C)C)cn1S(=O)(=O)c1ccc(C)cc1. The number of Topliss-reactive ketones (excluding diaryl/α,β-unsaturated/α-hetero) is 1. The zero-order valence-corrected chi connectivity index (χ0v) is 16.7. The first-order valence-electron chi connectivity index (χ1n) is 8.10. The molecule has 0 aliphatic heterocycles. The fourth-order valence-corrected chi connectivity index (χ4v) is 3.86. The number of hydrogen-bond acceptors (Lipinski definition) is 6. The number of nitrogens with zero attached hydrogens (tertiary/aromatic N) is 2. The molecule has 1 aromatic heterocycles. The quantitative estimate of drug-likeness (QED) is 0.428. The lowest BCUT2D eigenvalue weighted by molar-refractivity contribution is 0.0592. The van der Waals surface area contributed by atoms with Crippen LogP contribution in [0.2, 0.25) is 0 Å². The molecule has 0 aliphatic carbocycles. The molecule has 0 radical (unpaired) electrons. The number of rotatable bonds is 6. The monoisotopic (exact) mass is 390 g/mol. The fraction of sp³-hybridized carbons (Fsp3) is 0.263. The highest BCUT2D eigenvalue weighted by Gasteiger charge is 2.27. The summed E-state index contributed by atoms with van der Waals surface area (Å²) < 4.78 is 31.5. The van der Waals surface area contributed by atoms with Crippen LogP contribution in [0.15, 0.2) is 53.2 Å². The molecule has 8 heteroatoms. The average Bonchev–Trinajstić information content (AvgIpc) is 3.06. The molecule has 0 aliphatic rings. The summed E-state index contributed by atoms with van der Waals surface area (Å²) in [6.07, 6.45) is 2.77. The van der Waals surface area contributed by atoms with E-state index in [1.54, 1.807) is 44.3 Å². The molecule has 0 fully saturated rings. The molecule has 0 spiro atoms. The number of allylic oxidation sites excluding steroid dienone is 1. The van der Waals surface area contributed by atoms with E-state index in [1.807, 2.05) is 6.92 Å². The van der Waals surface area contributed by atoms with Crippen LogP contribution in [0.3, 0.4) is 0 Å². The van der Waals surface area contributed by atoms with E-state index in [0.29, 0.717) is 5.57 Å². The van der Waals surface area contributed by atoms with Gasteiger partial charge in [-0.25, -0.2) is 17.2 Å². The summed E-state index contributed by atoms with van der Waals surface area (Å²) in [7, 11) is 0.616. The molecule has 1 aromatic carbocycles. The number of ether oxygens (including phenoxy) is 1. The van der Waals surface area contributed by atoms with Crippen molar-refractivity contribution in [3.63, 3.8) is 0 Å². The molecule has 0 bridgehead atoms. The molecule has 0 unspecified atom stereocenters. The Morgan fingerprint density at radius 3 is 2.26 bits per heavy atom. The third kappa shape index (κ3) is 4.28. The van der Waals surface area contributed by atoms with Gasteiger partial charge in [-0.1, -0.05) is 17.7 Å². The molecule has 144 valence electrons. The highest BCUT2D eigenvalue weighted by molar-refractivity contribution is 7.90. The van der Waals surface area contributed by atoms with Crippen LogP contribution in [0.4, 0.5) is 0 Å². The van der Waals surface area contributed by atoms with E-state index in [4.69, 9.17) is 0 Å². The number of ketones is 1. The van der Waals surface area contributed by atoms with Gasteiger partial charge in [-0.15, -0.1) is 0 Å². The van der Waals surface area contributed by atoms with Crippen LogP contribution >= 0.6 is 0 Å². The first kappa shape index (κ1) is 20.4. The van der Waals surface area contributed by atoms with Crippen molar-refractivity contribution in [2.24, 2.45) is 0 Å². The van der Waals surface area contributed by atoms with Crippen LogP contribution in [0.25, 0.3) is 0 Å². The third-order valence-electron chi connectivity index (χ3n) is 3.83. The van der Waals surface area contributed by atoms with Crippen LogP contribution in [-0.2, 0) is 14.8 Å². The van der Waals surface area contributed by atoms with Crippen LogP contribution < -0.4 is 0 Å². The minimum atomic E-state index is -4.07. The lowest BCUT2D eigenvalue weighted by Gasteiger charge is -2.09. The van der Waals surface area contributed by atoms with E-state index in [-0.39, 0.29) is 21.9 Å². The molecule has 0 atom stereocenters. The van der Waals surface area contributed by atoms with Crippen molar-refractivity contribution in [3.05, 3.63) is 65.1 Å². The summed E-state index contributed by atoms with van der Waals surface area (Å²) >= 11 is 0. The van der Waals surface area contributed by atoms with Gasteiger partial charge < -0.3 is 9.64 Å². The summed E-state index contributed by atoms with van der Waals surface area (Å²) in [5.74, 6) is -1.23. The number of esters is 1. The smallest absolute Gasteiger partial charge is 0.355 e.